The minimum atomic E-state index is -0.804. The van der Waals surface area contributed by atoms with Crippen LogP contribution < -0.4 is 0 Å². The molecule has 0 aromatic rings. The van der Waals surface area contributed by atoms with Crippen LogP contribution in [0.2, 0.25) is 0 Å². The highest BCUT2D eigenvalue weighted by molar-refractivity contribution is 6.05. The van der Waals surface area contributed by atoms with Crippen molar-refractivity contribution in [3.05, 3.63) is 0 Å². The van der Waals surface area contributed by atoms with Gasteiger partial charge >= 0.3 is 23.9 Å². The number of carbonyl (C=O) groups is 4. The molecule has 0 amide bonds. The van der Waals surface area contributed by atoms with E-state index in [0.717, 1.165) is 0 Å². The first kappa shape index (κ1) is 8.58. The van der Waals surface area contributed by atoms with Crippen molar-refractivity contribution in [2.75, 3.05) is 0 Å². The summed E-state index contributed by atoms with van der Waals surface area (Å²) < 4.78 is 8.94. The molecule has 0 spiro atoms. The van der Waals surface area contributed by atoms with Gasteiger partial charge in [-0.2, -0.15) is 0 Å². The summed E-state index contributed by atoms with van der Waals surface area (Å²) in [6.07, 6.45) is 0.185. The summed E-state index contributed by atoms with van der Waals surface area (Å²) in [5, 5.41) is 0. The van der Waals surface area contributed by atoms with Crippen molar-refractivity contribution in [1.82, 2.24) is 0 Å². The highest BCUT2D eigenvalue weighted by Crippen LogP contribution is 2.49. The molecule has 2 unspecified atom stereocenters. The second-order valence-corrected chi connectivity index (χ2v) is 3.98. The van der Waals surface area contributed by atoms with Crippen LogP contribution in [-0.4, -0.2) is 23.9 Å². The number of esters is 4. The normalized spacial score (nSPS) is 42.7. The van der Waals surface area contributed by atoms with E-state index in [0.29, 0.717) is 0 Å². The van der Waals surface area contributed by atoms with Crippen LogP contribution >= 0.6 is 0 Å². The van der Waals surface area contributed by atoms with Gasteiger partial charge in [-0.15, -0.1) is 0 Å². The first-order chi connectivity index (χ1) is 7.09. The molecule has 4 atom stereocenters. The first-order valence-electron chi connectivity index (χ1n) is 4.60. The smallest absolute Gasteiger partial charge is 0.318 e. The largest absolute Gasteiger partial charge is 0.393 e. The van der Waals surface area contributed by atoms with E-state index in [1.54, 1.807) is 0 Å². The molecule has 6 heteroatoms. The molecule has 4 bridgehead atoms. The Hall–Kier alpha value is -1.72. The maximum Gasteiger partial charge on any atom is 0.318 e. The van der Waals surface area contributed by atoms with Gasteiger partial charge in [0.05, 0.1) is 23.7 Å². The summed E-state index contributed by atoms with van der Waals surface area (Å²) in [5.74, 6) is -5.94. The predicted octanol–water partition coefficient (Wildman–Crippen LogP) is -0.978. The highest BCUT2D eigenvalue weighted by atomic mass is 16.6. The summed E-state index contributed by atoms with van der Waals surface area (Å²) in [7, 11) is 0. The highest BCUT2D eigenvalue weighted by Gasteiger charge is 2.64. The second kappa shape index (κ2) is 2.44. The van der Waals surface area contributed by atoms with Crippen molar-refractivity contribution in [3.63, 3.8) is 0 Å². The summed E-state index contributed by atoms with van der Waals surface area (Å²) in [5.41, 5.74) is 0. The van der Waals surface area contributed by atoms with Crippen LogP contribution in [0.3, 0.4) is 0 Å². The molecule has 1 aliphatic carbocycles. The molecular weight excluding hydrogens is 204 g/mol. The fourth-order valence-corrected chi connectivity index (χ4v) is 2.66. The van der Waals surface area contributed by atoms with Gasteiger partial charge in [-0.05, 0) is 6.42 Å². The number of hydrogen-bond donors (Lipinski definition) is 0. The number of rotatable bonds is 0. The molecule has 1 saturated carbocycles. The molecular formula is C9H6O6. The number of carbonyl (C=O) groups excluding carboxylic acids is 4. The lowest BCUT2D eigenvalue weighted by molar-refractivity contribution is -0.189. The predicted molar refractivity (Wildman–Crippen MR) is 40.8 cm³/mol. The van der Waals surface area contributed by atoms with Gasteiger partial charge in [-0.3, -0.25) is 19.2 Å². The zero-order chi connectivity index (χ0) is 10.7. The molecule has 2 heterocycles. The molecule has 15 heavy (non-hydrogen) atoms. The molecule has 0 aromatic carbocycles. The van der Waals surface area contributed by atoms with Crippen molar-refractivity contribution in [2.45, 2.75) is 6.42 Å². The number of hydrogen-bond acceptors (Lipinski definition) is 6. The molecule has 0 N–H and O–H groups in total. The molecule has 3 fully saturated rings. The minimum Gasteiger partial charge on any atom is -0.393 e. The molecule has 3 rings (SSSR count). The van der Waals surface area contributed by atoms with Gasteiger partial charge in [0.2, 0.25) is 0 Å². The maximum atomic E-state index is 11.4. The zero-order valence-corrected chi connectivity index (χ0v) is 7.47. The van der Waals surface area contributed by atoms with E-state index in [4.69, 9.17) is 0 Å². The van der Waals surface area contributed by atoms with Crippen LogP contribution in [0.15, 0.2) is 0 Å². The van der Waals surface area contributed by atoms with E-state index < -0.39 is 47.5 Å². The van der Waals surface area contributed by atoms with Crippen molar-refractivity contribution in [3.8, 4) is 0 Å². The average Bonchev–Trinajstić information content (AvgIpc) is 2.43. The van der Waals surface area contributed by atoms with Crippen LogP contribution in [0.25, 0.3) is 0 Å². The van der Waals surface area contributed by atoms with Crippen LogP contribution in [0.4, 0.5) is 0 Å². The fraction of sp³-hybridized carbons (Fsp3) is 0.556. The van der Waals surface area contributed by atoms with Crippen molar-refractivity contribution >= 4 is 23.9 Å². The van der Waals surface area contributed by atoms with Gasteiger partial charge in [0.15, 0.2) is 0 Å². The molecule has 3 aliphatic rings. The Bertz CT molecular complexity index is 373. The summed E-state index contributed by atoms with van der Waals surface area (Å²) in [6.45, 7) is 0. The molecule has 0 aromatic heterocycles. The maximum absolute atomic E-state index is 11.4. The van der Waals surface area contributed by atoms with E-state index in [1.165, 1.54) is 0 Å². The van der Waals surface area contributed by atoms with Crippen LogP contribution in [-0.2, 0) is 28.7 Å². The van der Waals surface area contributed by atoms with Gasteiger partial charge in [-0.1, -0.05) is 0 Å². The van der Waals surface area contributed by atoms with Gasteiger partial charge in [0, 0.05) is 0 Å². The van der Waals surface area contributed by atoms with Gasteiger partial charge in [0.25, 0.3) is 0 Å². The zero-order valence-electron chi connectivity index (χ0n) is 7.47. The lowest BCUT2D eigenvalue weighted by atomic mass is 9.83. The second-order valence-electron chi connectivity index (χ2n) is 3.98. The SMILES string of the molecule is O=C1OC(=O)[C@H]2C3C(=O)OC(=O)[C@@H]2CC13. The van der Waals surface area contributed by atoms with Gasteiger partial charge in [-0.25, -0.2) is 0 Å². The minimum absolute atomic E-state index is 0.185. The first-order valence-corrected chi connectivity index (χ1v) is 4.60. The molecule has 6 nitrogen and oxygen atoms in total. The van der Waals surface area contributed by atoms with E-state index in [2.05, 4.69) is 9.47 Å². The van der Waals surface area contributed by atoms with Crippen molar-refractivity contribution in [1.29, 1.82) is 0 Å². The van der Waals surface area contributed by atoms with E-state index in [1.807, 2.05) is 0 Å². The Kier molecular flexibility index (Phi) is 1.40. The fourth-order valence-electron chi connectivity index (χ4n) is 2.66. The van der Waals surface area contributed by atoms with Crippen molar-refractivity contribution < 1.29 is 28.7 Å². The van der Waals surface area contributed by atoms with E-state index in [9.17, 15) is 19.2 Å². The standard InChI is InChI=1S/C9H6O6/c10-6-2-1-3-5(9(13)14-6)4(2)8(12)15-7(3)11/h2-5H,1H2/t2-,3?,4-,5?/m1/s1. The Labute approximate surface area is 83.5 Å². The quantitative estimate of drug-likeness (QED) is 0.377. The van der Waals surface area contributed by atoms with Crippen LogP contribution in [0.1, 0.15) is 6.42 Å². The molecule has 2 saturated heterocycles. The van der Waals surface area contributed by atoms with E-state index in [-0.39, 0.29) is 6.42 Å². The average molecular weight is 210 g/mol. The monoisotopic (exact) mass is 210 g/mol. The number of ether oxygens (including phenoxy) is 2. The Morgan fingerprint density at radius 3 is 1.53 bits per heavy atom. The molecule has 0 radical (unpaired) electrons. The van der Waals surface area contributed by atoms with Crippen LogP contribution in [0, 0.1) is 23.7 Å². The summed E-state index contributed by atoms with van der Waals surface area (Å²) >= 11 is 0. The Balaban J connectivity index is 2.12. The van der Waals surface area contributed by atoms with E-state index >= 15 is 0 Å². The Morgan fingerprint density at radius 2 is 1.13 bits per heavy atom. The van der Waals surface area contributed by atoms with Crippen LogP contribution in [0.5, 0.6) is 0 Å². The topological polar surface area (TPSA) is 86.7 Å². The van der Waals surface area contributed by atoms with Crippen molar-refractivity contribution in [2.24, 2.45) is 23.7 Å². The lowest BCUT2D eigenvalue weighted by Crippen LogP contribution is -2.47. The lowest BCUT2D eigenvalue weighted by Gasteiger charge is -2.29. The molecule has 2 aliphatic heterocycles. The third-order valence-corrected chi connectivity index (χ3v) is 3.31. The Morgan fingerprint density at radius 1 is 0.733 bits per heavy atom. The summed E-state index contributed by atoms with van der Waals surface area (Å²) in [4.78, 5) is 45.3. The number of cyclic esters (lactones) is 4. The van der Waals surface area contributed by atoms with Gasteiger partial charge < -0.3 is 9.47 Å². The third-order valence-electron chi connectivity index (χ3n) is 3.31. The molecule has 78 valence electrons. The third kappa shape index (κ3) is 0.886. The summed E-state index contributed by atoms with van der Waals surface area (Å²) in [6, 6.07) is 0. The van der Waals surface area contributed by atoms with Gasteiger partial charge in [0.1, 0.15) is 0 Å².